The van der Waals surface area contributed by atoms with Crippen molar-refractivity contribution in [1.82, 2.24) is 5.32 Å². The van der Waals surface area contributed by atoms with Crippen molar-refractivity contribution in [2.75, 3.05) is 6.54 Å². The predicted octanol–water partition coefficient (Wildman–Crippen LogP) is 3.08. The molecule has 0 heterocycles. The Morgan fingerprint density at radius 2 is 2.00 bits per heavy atom. The molecule has 1 aliphatic rings. The highest BCUT2D eigenvalue weighted by Crippen LogP contribution is 2.31. The highest BCUT2D eigenvalue weighted by Gasteiger charge is 2.28. The molecular formula is C16H32N2O. The minimum Gasteiger partial charge on any atom is -0.353 e. The zero-order chi connectivity index (χ0) is 14.3. The van der Waals surface area contributed by atoms with Crippen molar-refractivity contribution in [3.63, 3.8) is 0 Å². The van der Waals surface area contributed by atoms with Crippen molar-refractivity contribution in [1.29, 1.82) is 0 Å². The molecule has 3 nitrogen and oxygen atoms in total. The summed E-state index contributed by atoms with van der Waals surface area (Å²) in [7, 11) is 0. The number of carbonyl (C=O) groups excluding carboxylic acids is 1. The van der Waals surface area contributed by atoms with Crippen LogP contribution in [0.3, 0.4) is 0 Å². The van der Waals surface area contributed by atoms with Crippen molar-refractivity contribution in [3.8, 4) is 0 Å². The average molecular weight is 268 g/mol. The molecule has 3 atom stereocenters. The molecule has 1 saturated carbocycles. The van der Waals surface area contributed by atoms with Crippen LogP contribution in [0.2, 0.25) is 0 Å². The highest BCUT2D eigenvalue weighted by molar-refractivity contribution is 5.79. The lowest BCUT2D eigenvalue weighted by atomic mass is 9.79. The molecule has 1 aliphatic carbocycles. The number of nitrogens with one attached hydrogen (secondary N) is 1. The van der Waals surface area contributed by atoms with Gasteiger partial charge in [0.1, 0.15) is 0 Å². The molecule has 0 aromatic carbocycles. The van der Waals surface area contributed by atoms with Crippen LogP contribution in [0.25, 0.3) is 0 Å². The molecule has 3 heteroatoms. The normalized spacial score (nSPS) is 25.3. The smallest absolute Gasteiger partial charge is 0.223 e. The Kier molecular flexibility index (Phi) is 7.44. The lowest BCUT2D eigenvalue weighted by Crippen LogP contribution is -2.42. The zero-order valence-corrected chi connectivity index (χ0v) is 13.0. The van der Waals surface area contributed by atoms with Crippen LogP contribution in [-0.4, -0.2) is 18.5 Å². The van der Waals surface area contributed by atoms with Gasteiger partial charge in [-0.05, 0) is 44.6 Å². The lowest BCUT2D eigenvalue weighted by molar-refractivity contribution is -0.127. The summed E-state index contributed by atoms with van der Waals surface area (Å²) in [6.07, 6.45) is 7.88. The lowest BCUT2D eigenvalue weighted by Gasteiger charge is -2.30. The van der Waals surface area contributed by atoms with Crippen LogP contribution in [0, 0.1) is 17.8 Å². The molecule has 1 amide bonds. The molecule has 0 aromatic rings. The first-order valence-corrected chi connectivity index (χ1v) is 8.12. The average Bonchev–Trinajstić information content (AvgIpc) is 2.40. The fourth-order valence-electron chi connectivity index (χ4n) is 3.48. The quantitative estimate of drug-likeness (QED) is 0.745. The number of amides is 1. The van der Waals surface area contributed by atoms with E-state index in [1.807, 2.05) is 0 Å². The first-order valence-electron chi connectivity index (χ1n) is 8.12. The van der Waals surface area contributed by atoms with Gasteiger partial charge in [-0.25, -0.2) is 0 Å². The molecule has 0 bridgehead atoms. The standard InChI is InChI=1S/C16H32N2O/c1-4-14(5-2)12(3)18-16(19)15-8-6-7-13(11-15)9-10-17/h12-15H,4-11,17H2,1-3H3,(H,18,19). The van der Waals surface area contributed by atoms with E-state index in [2.05, 4.69) is 26.1 Å². The Morgan fingerprint density at radius 1 is 1.32 bits per heavy atom. The molecule has 0 spiro atoms. The van der Waals surface area contributed by atoms with Crippen molar-refractivity contribution < 1.29 is 4.79 Å². The second-order valence-corrected chi connectivity index (χ2v) is 6.18. The van der Waals surface area contributed by atoms with Gasteiger partial charge in [0.15, 0.2) is 0 Å². The third kappa shape index (κ3) is 5.13. The summed E-state index contributed by atoms with van der Waals surface area (Å²) < 4.78 is 0. The van der Waals surface area contributed by atoms with Crippen LogP contribution in [-0.2, 0) is 4.79 Å². The minimum absolute atomic E-state index is 0.224. The Balaban J connectivity index is 2.43. The van der Waals surface area contributed by atoms with E-state index in [0.717, 1.165) is 38.6 Å². The molecule has 0 saturated heterocycles. The van der Waals surface area contributed by atoms with Gasteiger partial charge in [0.05, 0.1) is 0 Å². The summed E-state index contributed by atoms with van der Waals surface area (Å²) >= 11 is 0. The van der Waals surface area contributed by atoms with Gasteiger partial charge < -0.3 is 11.1 Å². The van der Waals surface area contributed by atoms with Crippen molar-refractivity contribution in [2.45, 2.75) is 71.8 Å². The number of hydrogen-bond acceptors (Lipinski definition) is 2. The molecule has 112 valence electrons. The second kappa shape index (κ2) is 8.57. The summed E-state index contributed by atoms with van der Waals surface area (Å²) in [5, 5.41) is 3.24. The summed E-state index contributed by atoms with van der Waals surface area (Å²) in [5.41, 5.74) is 5.64. The van der Waals surface area contributed by atoms with Gasteiger partial charge in [0.2, 0.25) is 5.91 Å². The Labute approximate surface area is 118 Å². The molecule has 19 heavy (non-hydrogen) atoms. The van der Waals surface area contributed by atoms with Gasteiger partial charge in [0.25, 0.3) is 0 Å². The number of rotatable bonds is 7. The van der Waals surface area contributed by atoms with Crippen LogP contribution in [0.15, 0.2) is 0 Å². The van der Waals surface area contributed by atoms with Crippen LogP contribution in [0.5, 0.6) is 0 Å². The summed E-state index contributed by atoms with van der Waals surface area (Å²) in [5.74, 6) is 1.77. The van der Waals surface area contributed by atoms with E-state index >= 15 is 0 Å². The van der Waals surface area contributed by atoms with E-state index in [1.165, 1.54) is 12.8 Å². The van der Waals surface area contributed by atoms with E-state index in [1.54, 1.807) is 0 Å². The minimum atomic E-state index is 0.224. The number of nitrogens with two attached hydrogens (primary N) is 1. The first-order chi connectivity index (χ1) is 9.12. The van der Waals surface area contributed by atoms with Gasteiger partial charge in [-0.2, -0.15) is 0 Å². The van der Waals surface area contributed by atoms with Gasteiger partial charge in [-0.1, -0.05) is 39.5 Å². The first kappa shape index (κ1) is 16.5. The zero-order valence-electron chi connectivity index (χ0n) is 13.0. The predicted molar refractivity (Wildman–Crippen MR) is 80.8 cm³/mol. The third-order valence-electron chi connectivity index (χ3n) is 4.85. The maximum atomic E-state index is 12.4. The van der Waals surface area contributed by atoms with Gasteiger partial charge >= 0.3 is 0 Å². The fraction of sp³-hybridized carbons (Fsp3) is 0.938. The molecule has 0 radical (unpaired) electrons. The van der Waals surface area contributed by atoms with Crippen molar-refractivity contribution >= 4 is 5.91 Å². The van der Waals surface area contributed by atoms with Crippen molar-refractivity contribution in [2.24, 2.45) is 23.5 Å². The Morgan fingerprint density at radius 3 is 2.58 bits per heavy atom. The molecule has 0 aromatic heterocycles. The SMILES string of the molecule is CCC(CC)C(C)NC(=O)C1CCCC(CCN)C1. The molecule has 3 N–H and O–H groups in total. The monoisotopic (exact) mass is 268 g/mol. The van der Waals surface area contributed by atoms with E-state index in [4.69, 9.17) is 5.73 Å². The molecule has 0 aliphatic heterocycles. The highest BCUT2D eigenvalue weighted by atomic mass is 16.1. The topological polar surface area (TPSA) is 55.1 Å². The maximum absolute atomic E-state index is 12.4. The van der Waals surface area contributed by atoms with E-state index < -0.39 is 0 Å². The molecule has 1 rings (SSSR count). The molecular weight excluding hydrogens is 236 g/mol. The number of carbonyl (C=O) groups is 1. The van der Waals surface area contributed by atoms with Crippen LogP contribution in [0.1, 0.15) is 65.7 Å². The van der Waals surface area contributed by atoms with E-state index in [0.29, 0.717) is 17.9 Å². The summed E-state index contributed by atoms with van der Waals surface area (Å²) in [6.45, 7) is 7.31. The van der Waals surface area contributed by atoms with Crippen LogP contribution in [0.4, 0.5) is 0 Å². The summed E-state index contributed by atoms with van der Waals surface area (Å²) in [4.78, 5) is 12.4. The maximum Gasteiger partial charge on any atom is 0.223 e. The second-order valence-electron chi connectivity index (χ2n) is 6.18. The molecule has 3 unspecified atom stereocenters. The summed E-state index contributed by atoms with van der Waals surface area (Å²) in [6, 6.07) is 0.303. The van der Waals surface area contributed by atoms with Crippen LogP contribution >= 0.6 is 0 Å². The van der Waals surface area contributed by atoms with Gasteiger partial charge in [0, 0.05) is 12.0 Å². The largest absolute Gasteiger partial charge is 0.353 e. The van der Waals surface area contributed by atoms with Crippen LogP contribution < -0.4 is 11.1 Å². The van der Waals surface area contributed by atoms with E-state index in [9.17, 15) is 4.79 Å². The van der Waals surface area contributed by atoms with Gasteiger partial charge in [-0.3, -0.25) is 4.79 Å². The van der Waals surface area contributed by atoms with Crippen molar-refractivity contribution in [3.05, 3.63) is 0 Å². The Hall–Kier alpha value is -0.570. The fourth-order valence-corrected chi connectivity index (χ4v) is 3.48. The van der Waals surface area contributed by atoms with E-state index in [-0.39, 0.29) is 11.8 Å². The number of hydrogen-bond donors (Lipinski definition) is 2. The Bertz CT molecular complexity index is 261. The van der Waals surface area contributed by atoms with Gasteiger partial charge in [-0.15, -0.1) is 0 Å². The third-order valence-corrected chi connectivity index (χ3v) is 4.85. The molecule has 1 fully saturated rings.